The molecule has 0 fully saturated rings. The molecule has 2 heterocycles. The second kappa shape index (κ2) is 24.4. The first-order valence-electron chi connectivity index (χ1n) is 13.0. The van der Waals surface area contributed by atoms with Crippen LogP contribution in [0.4, 0.5) is 47.1 Å². The van der Waals surface area contributed by atoms with Gasteiger partial charge in [-0.3, -0.25) is 0 Å². The van der Waals surface area contributed by atoms with Crippen molar-refractivity contribution in [2.24, 2.45) is 0 Å². The Balaban J connectivity index is 0.00000705. The number of carboxylic acid groups (broad SMARTS) is 3. The van der Waals surface area contributed by atoms with Gasteiger partial charge < -0.3 is 71.8 Å². The molecule has 2 aromatic heterocycles. The minimum atomic E-state index is -1.71. The van der Waals surface area contributed by atoms with Crippen molar-refractivity contribution in [3.05, 3.63) is 24.3 Å². The van der Waals surface area contributed by atoms with E-state index < -0.39 is 36.4 Å². The number of hydrogen-bond acceptors (Lipinski definition) is 20. The van der Waals surface area contributed by atoms with Crippen LogP contribution >= 0.6 is 0 Å². The molecule has 8 N–H and O–H groups in total. The Labute approximate surface area is 396 Å². The minimum Gasteiger partial charge on any atom is -0.550 e. The summed E-state index contributed by atoms with van der Waals surface area (Å²) in [6, 6.07) is 4.33. The normalized spacial score (nSPS) is 11.2. The number of hydrogen-bond donors (Lipinski definition) is 8. The second-order valence-electron chi connectivity index (χ2n) is 8.95. The largest absolute Gasteiger partial charge is 1.00 e. The zero-order valence-electron chi connectivity index (χ0n) is 26.2. The molecule has 0 bridgehead atoms. The monoisotopic (exact) mass is 730 g/mol. The van der Waals surface area contributed by atoms with Crippen molar-refractivity contribution in [3.8, 4) is 0 Å². The summed E-state index contributed by atoms with van der Waals surface area (Å²) in [7, 11) is 0. The molecule has 47 heavy (non-hydrogen) atoms. The number of anilines is 8. The average Bonchev–Trinajstić information content (AvgIpc) is 2.94. The topological polar surface area (TPSA) is 310 Å². The molecule has 0 radical (unpaired) electrons. The third-order valence-electron chi connectivity index (χ3n) is 5.26. The summed E-state index contributed by atoms with van der Waals surface area (Å²) in [6.45, 7) is 1.41. The average molecular weight is 731 g/mol. The molecule has 0 aliphatic rings. The van der Waals surface area contributed by atoms with Crippen LogP contribution in [0.15, 0.2) is 24.3 Å². The van der Waals surface area contributed by atoms with Crippen molar-refractivity contribution < 1.29 is 194 Å². The molecular formula is C24H29K3N12O8. The summed E-state index contributed by atoms with van der Waals surface area (Å²) in [5.41, 5.74) is 1.01. The first-order valence-corrected chi connectivity index (χ1v) is 13.0. The van der Waals surface area contributed by atoms with E-state index in [0.29, 0.717) is 11.4 Å². The molecule has 236 valence electrons. The standard InChI is InChI=1S/C24H32N12O8.3K/c1-12(10-16(39)40)27-21-31-19(25-6-8-37)32-22(35-21)28-13-2-4-14(5-3-13)29-23-33-20(26-7-9-38)34-24(36-23)30-15(18(43)44)11-17(41)42;;;/h2-5,12,15,37-38H,6-11H2,1H3,(H,39,40)(H,41,42)(H,43,44)(H3,25,27,28,31,32,35)(H3,26,29,30,33,34,36);;;/q;3*+1/p-3. The number of carbonyl (C=O) groups excluding carboxylic acids is 3. The SMILES string of the molecule is CC(CC(=O)[O-])Nc1nc(NCCO)nc(Nc2ccc(Nc3nc(NCCO)nc(NC(CC(=O)[O-])C(=O)[O-])n3)cc2)n1.[K+].[K+].[K+]. The third kappa shape index (κ3) is 17.7. The van der Waals surface area contributed by atoms with E-state index in [1.165, 1.54) is 0 Å². The summed E-state index contributed by atoms with van der Waals surface area (Å²) in [4.78, 5) is 58.0. The molecule has 1 aromatic carbocycles. The van der Waals surface area contributed by atoms with Crippen molar-refractivity contribution in [1.82, 2.24) is 29.9 Å². The molecule has 0 saturated heterocycles. The molecule has 0 aliphatic heterocycles. The summed E-state index contributed by atoms with van der Waals surface area (Å²) in [5, 5.41) is 68.0. The van der Waals surface area contributed by atoms with E-state index >= 15 is 0 Å². The predicted octanol–water partition coefficient (Wildman–Crippen LogP) is -13.0. The van der Waals surface area contributed by atoms with Crippen LogP contribution in [0.5, 0.6) is 0 Å². The Kier molecular flexibility index (Phi) is 24.1. The van der Waals surface area contributed by atoms with Gasteiger partial charge in [-0.2, -0.15) is 29.9 Å². The number of nitrogens with zero attached hydrogens (tertiary/aromatic N) is 6. The molecule has 2 unspecified atom stereocenters. The van der Waals surface area contributed by atoms with E-state index in [4.69, 9.17) is 10.2 Å². The van der Waals surface area contributed by atoms with Crippen LogP contribution in [-0.2, 0) is 14.4 Å². The molecule has 20 nitrogen and oxygen atoms in total. The third-order valence-corrected chi connectivity index (χ3v) is 5.26. The zero-order chi connectivity index (χ0) is 32.1. The van der Waals surface area contributed by atoms with Crippen LogP contribution in [0.3, 0.4) is 0 Å². The number of aliphatic carboxylic acids is 3. The molecule has 2 atom stereocenters. The van der Waals surface area contributed by atoms with Gasteiger partial charge >= 0.3 is 154 Å². The Hall–Kier alpha value is -0.721. The number of rotatable bonds is 19. The zero-order valence-corrected chi connectivity index (χ0v) is 35.6. The number of carbonyl (C=O) groups is 3. The van der Waals surface area contributed by atoms with Gasteiger partial charge in [0.25, 0.3) is 0 Å². The number of aliphatic hydroxyl groups is 2. The molecule has 0 saturated carbocycles. The first-order chi connectivity index (χ1) is 21.0. The molecule has 23 heteroatoms. The molecule has 3 rings (SSSR count). The van der Waals surface area contributed by atoms with E-state index in [0.717, 1.165) is 0 Å². The van der Waals surface area contributed by atoms with Gasteiger partial charge in [0, 0.05) is 55.3 Å². The van der Waals surface area contributed by atoms with Crippen LogP contribution in [0.25, 0.3) is 0 Å². The number of benzene rings is 1. The van der Waals surface area contributed by atoms with Crippen LogP contribution in [0, 0.1) is 0 Å². The van der Waals surface area contributed by atoms with Crippen molar-refractivity contribution in [3.63, 3.8) is 0 Å². The summed E-state index contributed by atoms with van der Waals surface area (Å²) < 4.78 is 0. The Morgan fingerprint density at radius 2 is 1.02 bits per heavy atom. The fraction of sp³-hybridized carbons (Fsp3) is 0.375. The number of aromatic nitrogens is 6. The Morgan fingerprint density at radius 3 is 1.40 bits per heavy atom. The van der Waals surface area contributed by atoms with Crippen LogP contribution < -0.4 is 201 Å². The van der Waals surface area contributed by atoms with Crippen LogP contribution in [0.2, 0.25) is 0 Å². The van der Waals surface area contributed by atoms with Gasteiger partial charge in [-0.1, -0.05) is 0 Å². The summed E-state index contributed by atoms with van der Waals surface area (Å²) in [5.74, 6) is -4.63. The van der Waals surface area contributed by atoms with Crippen molar-refractivity contribution >= 4 is 65.0 Å². The molecular weight excluding hydrogens is 702 g/mol. The number of aliphatic hydroxyl groups excluding tert-OH is 2. The fourth-order valence-electron chi connectivity index (χ4n) is 3.42. The van der Waals surface area contributed by atoms with Gasteiger partial charge in [-0.25, -0.2) is 0 Å². The predicted molar refractivity (Wildman–Crippen MR) is 149 cm³/mol. The van der Waals surface area contributed by atoms with E-state index in [-0.39, 0.29) is 223 Å². The quantitative estimate of drug-likeness (QED) is 0.0531. The van der Waals surface area contributed by atoms with Crippen LogP contribution in [0.1, 0.15) is 19.8 Å². The first kappa shape index (κ1) is 46.3. The fourth-order valence-corrected chi connectivity index (χ4v) is 3.42. The van der Waals surface area contributed by atoms with Crippen molar-refractivity contribution in [1.29, 1.82) is 0 Å². The van der Waals surface area contributed by atoms with Gasteiger partial charge in [0.15, 0.2) is 0 Å². The number of nitrogens with one attached hydrogen (secondary N) is 6. The maximum Gasteiger partial charge on any atom is 1.00 e. The van der Waals surface area contributed by atoms with E-state index in [2.05, 4.69) is 61.8 Å². The van der Waals surface area contributed by atoms with Gasteiger partial charge in [-0.15, -0.1) is 0 Å². The molecule has 0 spiro atoms. The van der Waals surface area contributed by atoms with E-state index in [1.54, 1.807) is 31.2 Å². The Morgan fingerprint density at radius 1 is 0.638 bits per heavy atom. The molecule has 0 amide bonds. The van der Waals surface area contributed by atoms with E-state index in [9.17, 15) is 29.7 Å². The van der Waals surface area contributed by atoms with Gasteiger partial charge in [-0.05, 0) is 31.2 Å². The van der Waals surface area contributed by atoms with Crippen molar-refractivity contribution in [2.75, 3.05) is 58.2 Å². The smallest absolute Gasteiger partial charge is 0.550 e. The molecule has 0 aliphatic carbocycles. The van der Waals surface area contributed by atoms with Crippen molar-refractivity contribution in [2.45, 2.75) is 31.8 Å². The minimum absolute atomic E-state index is 0. The van der Waals surface area contributed by atoms with Gasteiger partial charge in [0.1, 0.15) is 0 Å². The summed E-state index contributed by atoms with van der Waals surface area (Å²) in [6.07, 6.45) is -1.18. The maximum absolute atomic E-state index is 11.3. The maximum atomic E-state index is 11.3. The Bertz CT molecular complexity index is 1440. The van der Waals surface area contributed by atoms with Crippen LogP contribution in [-0.4, -0.2) is 96.4 Å². The second-order valence-corrected chi connectivity index (χ2v) is 8.95. The van der Waals surface area contributed by atoms with Gasteiger partial charge in [0.2, 0.25) is 35.7 Å². The molecule has 3 aromatic rings. The number of carboxylic acids is 3. The van der Waals surface area contributed by atoms with E-state index in [1.807, 2.05) is 0 Å². The summed E-state index contributed by atoms with van der Waals surface area (Å²) >= 11 is 0. The van der Waals surface area contributed by atoms with Gasteiger partial charge in [0.05, 0.1) is 25.2 Å².